The lowest BCUT2D eigenvalue weighted by Crippen LogP contribution is -2.07. The third kappa shape index (κ3) is 1.52. The third-order valence-electron chi connectivity index (χ3n) is 5.06. The first-order chi connectivity index (χ1) is 9.24. The molecule has 3 unspecified atom stereocenters. The summed E-state index contributed by atoms with van der Waals surface area (Å²) >= 11 is 0. The Labute approximate surface area is 111 Å². The van der Waals surface area contributed by atoms with E-state index in [2.05, 4.69) is 4.98 Å². The zero-order valence-corrected chi connectivity index (χ0v) is 10.6. The summed E-state index contributed by atoms with van der Waals surface area (Å²) in [4.78, 5) is 13.9. The van der Waals surface area contributed by atoms with Crippen molar-refractivity contribution in [1.82, 2.24) is 4.98 Å². The summed E-state index contributed by atoms with van der Waals surface area (Å²) in [6.07, 6.45) is 7.33. The number of nitrogens with one attached hydrogen (secondary N) is 1. The molecule has 2 aliphatic rings. The maximum Gasteiger partial charge on any atom is 0.293 e. The van der Waals surface area contributed by atoms with E-state index in [0.717, 1.165) is 17.2 Å². The number of nitro benzene ring substituents is 1. The summed E-state index contributed by atoms with van der Waals surface area (Å²) in [5.41, 5.74) is 2.17. The minimum absolute atomic E-state index is 0.187. The molecule has 0 amide bonds. The van der Waals surface area contributed by atoms with E-state index >= 15 is 0 Å². The van der Waals surface area contributed by atoms with Gasteiger partial charge in [-0.2, -0.15) is 0 Å². The van der Waals surface area contributed by atoms with E-state index in [0.29, 0.717) is 11.4 Å². The number of aromatic nitrogens is 1. The van der Waals surface area contributed by atoms with Crippen molar-refractivity contribution in [2.24, 2.45) is 11.8 Å². The van der Waals surface area contributed by atoms with Crippen LogP contribution in [0.15, 0.2) is 24.4 Å². The first-order valence-electron chi connectivity index (χ1n) is 6.98. The van der Waals surface area contributed by atoms with Crippen molar-refractivity contribution in [3.63, 3.8) is 0 Å². The molecule has 2 aromatic rings. The zero-order chi connectivity index (χ0) is 13.0. The molecule has 1 N–H and O–H groups in total. The number of hydrogen-bond donors (Lipinski definition) is 1. The molecule has 4 rings (SSSR count). The molecular formula is C15H16N2O2. The summed E-state index contributed by atoms with van der Waals surface area (Å²) in [6, 6.07) is 5.38. The molecule has 1 aromatic carbocycles. The van der Waals surface area contributed by atoms with E-state index < -0.39 is 0 Å². The van der Waals surface area contributed by atoms with Gasteiger partial charge in [-0.3, -0.25) is 10.1 Å². The fourth-order valence-electron chi connectivity index (χ4n) is 4.24. The highest BCUT2D eigenvalue weighted by atomic mass is 16.6. The van der Waals surface area contributed by atoms with Crippen LogP contribution in [0.2, 0.25) is 0 Å². The molecule has 1 aromatic heterocycles. The molecule has 0 radical (unpaired) electrons. The van der Waals surface area contributed by atoms with E-state index in [-0.39, 0.29) is 10.6 Å². The lowest BCUT2D eigenvalue weighted by atomic mass is 9.83. The number of H-pyrrole nitrogens is 1. The quantitative estimate of drug-likeness (QED) is 0.652. The maximum atomic E-state index is 11.1. The Morgan fingerprint density at radius 1 is 1.26 bits per heavy atom. The largest absolute Gasteiger partial charge is 0.355 e. The average molecular weight is 256 g/mol. The number of nitro groups is 1. The maximum absolute atomic E-state index is 11.1. The minimum atomic E-state index is -0.302. The van der Waals surface area contributed by atoms with Crippen LogP contribution in [0.4, 0.5) is 5.69 Å². The number of aromatic amines is 1. The molecule has 2 bridgehead atoms. The van der Waals surface area contributed by atoms with Crippen molar-refractivity contribution in [1.29, 1.82) is 0 Å². The van der Waals surface area contributed by atoms with Gasteiger partial charge in [0.1, 0.15) is 5.52 Å². The molecule has 98 valence electrons. The molecule has 4 nitrogen and oxygen atoms in total. The van der Waals surface area contributed by atoms with Gasteiger partial charge < -0.3 is 4.98 Å². The number of non-ortho nitro benzene ring substituents is 1. The second kappa shape index (κ2) is 3.83. The van der Waals surface area contributed by atoms with E-state index in [9.17, 15) is 10.1 Å². The fraction of sp³-hybridized carbons (Fsp3) is 0.467. The van der Waals surface area contributed by atoms with Gasteiger partial charge in [0, 0.05) is 17.6 Å². The first-order valence-corrected chi connectivity index (χ1v) is 6.98. The van der Waals surface area contributed by atoms with E-state index in [1.54, 1.807) is 12.1 Å². The summed E-state index contributed by atoms with van der Waals surface area (Å²) in [7, 11) is 0. The standard InChI is InChI=1S/C15H16N2O2/c18-17(19)14-3-1-2-11-13(8-16-15(11)14)12-7-9-4-5-10(12)6-9/h1-3,8-10,12,16H,4-7H2. The molecule has 0 aliphatic heterocycles. The molecule has 0 spiro atoms. The SMILES string of the molecule is O=[N+]([O-])c1cccc2c(C3CC4CCC3C4)c[nH]c12. The van der Waals surface area contributed by atoms with Gasteiger partial charge >= 0.3 is 0 Å². The van der Waals surface area contributed by atoms with Gasteiger partial charge in [0.25, 0.3) is 5.69 Å². The second-order valence-corrected chi connectivity index (χ2v) is 5.98. The lowest BCUT2D eigenvalue weighted by molar-refractivity contribution is -0.383. The summed E-state index contributed by atoms with van der Waals surface area (Å²) < 4.78 is 0. The molecule has 3 atom stereocenters. The zero-order valence-electron chi connectivity index (χ0n) is 10.6. The van der Waals surface area contributed by atoms with Gasteiger partial charge in [0.05, 0.1) is 4.92 Å². The highest BCUT2D eigenvalue weighted by molar-refractivity contribution is 5.91. The molecule has 0 saturated heterocycles. The van der Waals surface area contributed by atoms with Gasteiger partial charge in [-0.1, -0.05) is 18.6 Å². The van der Waals surface area contributed by atoms with Crippen LogP contribution in [0.3, 0.4) is 0 Å². The second-order valence-electron chi connectivity index (χ2n) is 5.98. The van der Waals surface area contributed by atoms with Gasteiger partial charge in [-0.05, 0) is 42.6 Å². The summed E-state index contributed by atoms with van der Waals surface area (Å²) in [6.45, 7) is 0. The van der Waals surface area contributed by atoms with Crippen LogP contribution >= 0.6 is 0 Å². The van der Waals surface area contributed by atoms with E-state index in [1.807, 2.05) is 12.3 Å². The Hall–Kier alpha value is -1.84. The predicted molar refractivity (Wildman–Crippen MR) is 73.1 cm³/mol. The Morgan fingerprint density at radius 3 is 2.84 bits per heavy atom. The Bertz CT molecular complexity index is 661. The first kappa shape index (κ1) is 11.0. The molecule has 1 heterocycles. The number of para-hydroxylation sites is 1. The molecule has 19 heavy (non-hydrogen) atoms. The van der Waals surface area contributed by atoms with Gasteiger partial charge in [0.15, 0.2) is 0 Å². The summed E-state index contributed by atoms with van der Waals surface area (Å²) in [5, 5.41) is 12.1. The number of benzene rings is 1. The number of hydrogen-bond acceptors (Lipinski definition) is 2. The Balaban J connectivity index is 1.84. The topological polar surface area (TPSA) is 58.9 Å². The normalized spacial score (nSPS) is 29.2. The molecule has 2 saturated carbocycles. The van der Waals surface area contributed by atoms with Crippen molar-refractivity contribution < 1.29 is 4.92 Å². The van der Waals surface area contributed by atoms with Crippen molar-refractivity contribution in [3.05, 3.63) is 40.1 Å². The van der Waals surface area contributed by atoms with E-state index in [1.165, 1.54) is 31.2 Å². The number of nitrogens with zero attached hydrogens (tertiary/aromatic N) is 1. The molecule has 2 aliphatic carbocycles. The molecule has 2 fully saturated rings. The van der Waals surface area contributed by atoms with Crippen molar-refractivity contribution in [2.75, 3.05) is 0 Å². The molecule has 4 heteroatoms. The highest BCUT2D eigenvalue weighted by Gasteiger charge is 2.41. The lowest BCUT2D eigenvalue weighted by Gasteiger charge is -2.21. The Morgan fingerprint density at radius 2 is 2.16 bits per heavy atom. The van der Waals surface area contributed by atoms with Crippen LogP contribution in [0, 0.1) is 22.0 Å². The van der Waals surface area contributed by atoms with Gasteiger partial charge in [-0.15, -0.1) is 0 Å². The van der Waals surface area contributed by atoms with Crippen LogP contribution in [0.5, 0.6) is 0 Å². The van der Waals surface area contributed by atoms with Gasteiger partial charge in [0.2, 0.25) is 0 Å². The summed E-state index contributed by atoms with van der Waals surface area (Å²) in [5.74, 6) is 2.29. The Kier molecular flexibility index (Phi) is 2.22. The average Bonchev–Trinajstić information content (AvgIpc) is 3.11. The monoisotopic (exact) mass is 256 g/mol. The molecular weight excluding hydrogens is 240 g/mol. The van der Waals surface area contributed by atoms with Gasteiger partial charge in [-0.25, -0.2) is 0 Å². The third-order valence-corrected chi connectivity index (χ3v) is 5.06. The van der Waals surface area contributed by atoms with Crippen molar-refractivity contribution in [3.8, 4) is 0 Å². The number of fused-ring (bicyclic) bond motifs is 3. The minimum Gasteiger partial charge on any atom is -0.355 e. The fourth-order valence-corrected chi connectivity index (χ4v) is 4.24. The van der Waals surface area contributed by atoms with Crippen LogP contribution < -0.4 is 0 Å². The van der Waals surface area contributed by atoms with Crippen LogP contribution in [0.1, 0.15) is 37.2 Å². The van der Waals surface area contributed by atoms with Crippen LogP contribution in [0.25, 0.3) is 10.9 Å². The van der Waals surface area contributed by atoms with Crippen LogP contribution in [-0.2, 0) is 0 Å². The van der Waals surface area contributed by atoms with Crippen molar-refractivity contribution >= 4 is 16.6 Å². The number of rotatable bonds is 2. The van der Waals surface area contributed by atoms with Crippen molar-refractivity contribution in [2.45, 2.75) is 31.6 Å². The predicted octanol–water partition coefficient (Wildman–Crippen LogP) is 3.98. The smallest absolute Gasteiger partial charge is 0.293 e. The van der Waals surface area contributed by atoms with E-state index in [4.69, 9.17) is 0 Å². The highest BCUT2D eigenvalue weighted by Crippen LogP contribution is 2.54. The van der Waals surface area contributed by atoms with Crippen LogP contribution in [-0.4, -0.2) is 9.91 Å².